The smallest absolute Gasteiger partial charge is 0.0466 e. The minimum Gasteiger partial charge on any atom is -0.687 e. The summed E-state index contributed by atoms with van der Waals surface area (Å²) in [5.41, 5.74) is 3.95. The molecular formula is C38H64N2OSi2Sm2-2. The molecule has 7 heteroatoms. The Morgan fingerprint density at radius 1 is 0.467 bits per heavy atom. The van der Waals surface area contributed by atoms with Crippen LogP contribution in [0.1, 0.15) is 68.2 Å². The molecule has 8 atom stereocenters. The number of hydrogen-bond acceptors (Lipinski definition) is 1. The molecular weight excluding hydrogens is 857 g/mol. The van der Waals surface area contributed by atoms with Gasteiger partial charge in [0.1, 0.15) is 0 Å². The van der Waals surface area contributed by atoms with E-state index in [1.54, 1.807) is 0 Å². The maximum atomic E-state index is 5.18. The van der Waals surface area contributed by atoms with Crippen LogP contribution < -0.4 is 0 Å². The molecule has 1 heterocycles. The second kappa shape index (κ2) is 20.1. The van der Waals surface area contributed by atoms with E-state index < -0.39 is 16.5 Å². The molecule has 3 aliphatic rings. The van der Waals surface area contributed by atoms with Crippen LogP contribution in [0.25, 0.3) is 9.96 Å². The van der Waals surface area contributed by atoms with Gasteiger partial charge >= 0.3 is 0 Å². The summed E-state index contributed by atoms with van der Waals surface area (Å²) in [7, 11) is -3.19. The standard InChI is InChI=1S/2C17H28NSi.C4H8O.2Sm/c2*1-12-13(2)15(4)17(14(12)3)19(5,6)18-16-10-8-7-9-11-16;1-2-4-5-3-1;;/h2*7-15,17H,1-6H3;1-4H2;;/q2*-1;;;. The van der Waals surface area contributed by atoms with Crippen LogP contribution in [0, 0.1) is 128 Å². The van der Waals surface area contributed by atoms with Crippen molar-refractivity contribution in [2.75, 3.05) is 13.2 Å². The molecule has 0 radical (unpaired) electrons. The second-order valence-electron chi connectivity index (χ2n) is 15.4. The molecule has 2 aliphatic carbocycles. The van der Waals surface area contributed by atoms with Gasteiger partial charge in [-0.2, -0.15) is 0 Å². The Labute approximate surface area is 345 Å². The molecule has 5 rings (SSSR count). The molecule has 0 bridgehead atoms. The Balaban J connectivity index is 0.000000374. The van der Waals surface area contributed by atoms with E-state index in [2.05, 4.69) is 142 Å². The van der Waals surface area contributed by atoms with Crippen LogP contribution in [0.3, 0.4) is 0 Å². The van der Waals surface area contributed by atoms with Crippen molar-refractivity contribution in [1.29, 1.82) is 0 Å². The second-order valence-corrected chi connectivity index (χ2v) is 23.8. The van der Waals surface area contributed by atoms with Crippen molar-refractivity contribution in [1.82, 2.24) is 0 Å². The van der Waals surface area contributed by atoms with Crippen molar-refractivity contribution in [3.05, 3.63) is 70.6 Å². The fourth-order valence-electron chi connectivity index (χ4n) is 9.08. The summed E-state index contributed by atoms with van der Waals surface area (Å²) in [5, 5.41) is 0. The van der Waals surface area contributed by atoms with Gasteiger partial charge in [-0.25, -0.2) is 0 Å². The van der Waals surface area contributed by atoms with Crippen molar-refractivity contribution in [2.24, 2.45) is 47.3 Å². The number of rotatable bonds is 6. The topological polar surface area (TPSA) is 37.4 Å². The minimum absolute atomic E-state index is 0. The molecule has 3 fully saturated rings. The Hall–Kier alpha value is 1.11. The van der Waals surface area contributed by atoms with Crippen molar-refractivity contribution in [2.45, 2.75) is 106 Å². The first-order valence-electron chi connectivity index (χ1n) is 17.3. The Morgan fingerprint density at radius 3 is 0.956 bits per heavy atom. The number of hydrogen-bond donors (Lipinski definition) is 0. The normalized spacial score (nSPS) is 32.5. The third-order valence-corrected chi connectivity index (χ3v) is 19.1. The molecule has 3 nitrogen and oxygen atoms in total. The SMILES string of the molecule is C1CCOC1.CC1C(C)C(C)C([Si](C)(C)[N-]c2ccccc2)C1C.CC1C(C)C(C)C([Si](C)(C)[N-]c2ccccc2)C1C.[Sm].[Sm]. The van der Waals surface area contributed by atoms with Gasteiger partial charge in [0.15, 0.2) is 0 Å². The van der Waals surface area contributed by atoms with Crippen LogP contribution >= 0.6 is 0 Å². The number of nitrogens with zero attached hydrogens (tertiary/aromatic N) is 2. The molecule has 2 saturated carbocycles. The van der Waals surface area contributed by atoms with Crippen LogP contribution in [0.4, 0.5) is 11.4 Å². The van der Waals surface area contributed by atoms with Crippen LogP contribution in [-0.4, -0.2) is 29.7 Å². The molecule has 45 heavy (non-hydrogen) atoms. The zero-order chi connectivity index (χ0) is 31.9. The van der Waals surface area contributed by atoms with Crippen molar-refractivity contribution < 1.29 is 85.5 Å². The van der Waals surface area contributed by atoms with Gasteiger partial charge in [0.25, 0.3) is 0 Å². The molecule has 254 valence electrons. The van der Waals surface area contributed by atoms with Crippen LogP contribution in [0.2, 0.25) is 37.3 Å². The molecule has 8 unspecified atom stereocenters. The van der Waals surface area contributed by atoms with Gasteiger partial charge in [-0.1, -0.05) is 153 Å². The molecule has 2 aromatic rings. The number of ether oxygens (including phenoxy) is 1. The van der Waals surface area contributed by atoms with Crippen LogP contribution in [0.15, 0.2) is 60.7 Å². The van der Waals surface area contributed by atoms with Crippen molar-refractivity contribution in [3.63, 3.8) is 0 Å². The average molecular weight is 922 g/mol. The maximum Gasteiger partial charge on any atom is 0.0466 e. The zero-order valence-electron chi connectivity index (χ0n) is 30.5. The van der Waals surface area contributed by atoms with Gasteiger partial charge in [-0.3, -0.25) is 0 Å². The summed E-state index contributed by atoms with van der Waals surface area (Å²) in [5.74, 6) is 6.54. The predicted octanol–water partition coefficient (Wildman–Crippen LogP) is 12.4. The molecule has 1 saturated heterocycles. The van der Waals surface area contributed by atoms with Gasteiger partial charge in [0.2, 0.25) is 0 Å². The van der Waals surface area contributed by atoms with E-state index in [1.165, 1.54) is 24.2 Å². The van der Waals surface area contributed by atoms with Crippen molar-refractivity contribution in [3.8, 4) is 0 Å². The van der Waals surface area contributed by atoms with Crippen LogP contribution in [0.5, 0.6) is 0 Å². The van der Waals surface area contributed by atoms with Crippen molar-refractivity contribution >= 4 is 27.8 Å². The van der Waals surface area contributed by atoms with E-state index in [4.69, 9.17) is 14.7 Å². The van der Waals surface area contributed by atoms with E-state index in [0.29, 0.717) is 0 Å². The average Bonchev–Trinajstić information content (AvgIpc) is 3.66. The first-order chi connectivity index (χ1) is 20.2. The van der Waals surface area contributed by atoms with E-state index >= 15 is 0 Å². The third-order valence-electron chi connectivity index (χ3n) is 12.0. The van der Waals surface area contributed by atoms with Gasteiger partial charge < -0.3 is 14.7 Å². The van der Waals surface area contributed by atoms with E-state index in [9.17, 15) is 0 Å². The van der Waals surface area contributed by atoms with Gasteiger partial charge in [0.05, 0.1) is 0 Å². The molecule has 0 amide bonds. The molecule has 2 aromatic carbocycles. The first kappa shape index (κ1) is 44.1. The summed E-state index contributed by atoms with van der Waals surface area (Å²) >= 11 is 0. The Morgan fingerprint density at radius 2 is 0.733 bits per heavy atom. The van der Waals surface area contributed by atoms with Gasteiger partial charge in [-0.05, 0) is 76.7 Å². The van der Waals surface area contributed by atoms with E-state index in [0.717, 1.165) is 71.6 Å². The minimum atomic E-state index is -1.60. The molecule has 0 aromatic heterocycles. The Kier molecular flexibility index (Phi) is 19.7. The summed E-state index contributed by atoms with van der Waals surface area (Å²) < 4.78 is 4.94. The first-order valence-corrected chi connectivity index (χ1v) is 23.4. The van der Waals surface area contributed by atoms with Crippen LogP contribution in [-0.2, 0) is 4.74 Å². The monoisotopic (exact) mass is 924 g/mol. The number of benzene rings is 2. The summed E-state index contributed by atoms with van der Waals surface area (Å²) in [4.78, 5) is 10.4. The van der Waals surface area contributed by atoms with Gasteiger partial charge in [-0.15, -0.1) is 11.4 Å². The molecule has 0 N–H and O–H groups in total. The predicted molar refractivity (Wildman–Crippen MR) is 195 cm³/mol. The molecule has 0 spiro atoms. The van der Waals surface area contributed by atoms with Gasteiger partial charge in [0, 0.05) is 94.0 Å². The van der Waals surface area contributed by atoms with E-state index in [-0.39, 0.29) is 80.8 Å². The Bertz CT molecular complexity index is 969. The zero-order valence-corrected chi connectivity index (χ0v) is 37.7. The molecule has 1 aliphatic heterocycles. The summed E-state index contributed by atoms with van der Waals surface area (Å²) in [6, 6.07) is 21.1. The largest absolute Gasteiger partial charge is 0.687 e. The third kappa shape index (κ3) is 11.8. The summed E-state index contributed by atoms with van der Waals surface area (Å²) in [6.45, 7) is 31.3. The maximum absolute atomic E-state index is 5.18. The fourth-order valence-corrected chi connectivity index (χ4v) is 17.4. The quantitative estimate of drug-likeness (QED) is 0.266. The fraction of sp³-hybridized carbons (Fsp3) is 0.684. The summed E-state index contributed by atoms with van der Waals surface area (Å²) in [6.07, 6.45) is 2.56. The van der Waals surface area contributed by atoms with E-state index in [1.807, 2.05) is 0 Å².